The van der Waals surface area contributed by atoms with Crippen molar-refractivity contribution in [1.82, 2.24) is 0 Å². The summed E-state index contributed by atoms with van der Waals surface area (Å²) in [7, 11) is 1.39. The van der Waals surface area contributed by atoms with Gasteiger partial charge in [0.15, 0.2) is 0 Å². The van der Waals surface area contributed by atoms with Crippen molar-refractivity contribution in [2.75, 3.05) is 7.11 Å². The number of allylic oxidation sites excluding steroid dienone is 1. The van der Waals surface area contributed by atoms with Crippen molar-refractivity contribution < 1.29 is 9.53 Å². The average molecular weight is 269 g/mol. The number of ether oxygens (including phenoxy) is 1. The van der Waals surface area contributed by atoms with Crippen molar-refractivity contribution in [1.29, 1.82) is 0 Å². The Bertz CT molecular complexity index is 366. The molecule has 0 unspecified atom stereocenters. The van der Waals surface area contributed by atoms with Gasteiger partial charge in [-0.1, -0.05) is 46.3 Å². The molecule has 0 radical (unpaired) electrons. The highest BCUT2D eigenvalue weighted by molar-refractivity contribution is 9.08. The molecule has 2 nitrogen and oxygen atoms in total. The second-order valence-electron chi connectivity index (χ2n) is 3.02. The minimum atomic E-state index is -0.302. The zero-order chi connectivity index (χ0) is 11.3. The molecule has 80 valence electrons. The normalized spacial score (nSPS) is 11.3. The number of carbonyl (C=O) groups is 1. The van der Waals surface area contributed by atoms with E-state index >= 15 is 0 Å². The van der Waals surface area contributed by atoms with E-state index in [1.807, 2.05) is 31.2 Å². The van der Waals surface area contributed by atoms with E-state index in [1.165, 1.54) is 12.7 Å². The Balaban J connectivity index is 2.99. The van der Waals surface area contributed by atoms with Crippen LogP contribution in [0.3, 0.4) is 0 Å². The van der Waals surface area contributed by atoms with Gasteiger partial charge in [-0.15, -0.1) is 0 Å². The summed E-state index contributed by atoms with van der Waals surface area (Å²) in [5.74, 6) is -0.302. The number of methoxy groups -OCH3 is 1. The van der Waals surface area contributed by atoms with Gasteiger partial charge in [0, 0.05) is 5.33 Å². The maximum absolute atomic E-state index is 11.4. The molecule has 0 aliphatic carbocycles. The minimum absolute atomic E-state index is 0.302. The molecular weight excluding hydrogens is 256 g/mol. The molecule has 0 fully saturated rings. The molecule has 1 rings (SSSR count). The monoisotopic (exact) mass is 268 g/mol. The summed E-state index contributed by atoms with van der Waals surface area (Å²) in [5.41, 5.74) is 2.66. The summed E-state index contributed by atoms with van der Waals surface area (Å²) < 4.78 is 4.70. The van der Waals surface area contributed by atoms with E-state index in [0.717, 1.165) is 10.9 Å². The highest BCUT2D eigenvalue weighted by atomic mass is 79.9. The van der Waals surface area contributed by atoms with E-state index in [0.29, 0.717) is 5.57 Å². The maximum Gasteiger partial charge on any atom is 0.338 e. The number of rotatable bonds is 3. The Morgan fingerprint density at radius 3 is 2.40 bits per heavy atom. The van der Waals surface area contributed by atoms with E-state index in [4.69, 9.17) is 4.74 Å². The molecule has 0 spiro atoms. The van der Waals surface area contributed by atoms with Crippen molar-refractivity contribution >= 4 is 27.5 Å². The lowest BCUT2D eigenvalue weighted by atomic mass is 10.0. The first kappa shape index (κ1) is 12.0. The lowest BCUT2D eigenvalue weighted by Gasteiger charge is -2.05. The molecule has 0 amide bonds. The van der Waals surface area contributed by atoms with Gasteiger partial charge < -0.3 is 4.74 Å². The summed E-state index contributed by atoms with van der Waals surface area (Å²) in [4.78, 5) is 11.4. The van der Waals surface area contributed by atoms with Crippen LogP contribution in [0.1, 0.15) is 18.1 Å². The topological polar surface area (TPSA) is 26.3 Å². The van der Waals surface area contributed by atoms with Crippen molar-refractivity contribution in [3.05, 3.63) is 41.5 Å². The number of carbonyl (C=O) groups excluding carboxylic acids is 1. The molecule has 0 aromatic heterocycles. The summed E-state index contributed by atoms with van der Waals surface area (Å²) in [6.45, 7) is 1.82. The van der Waals surface area contributed by atoms with Gasteiger partial charge >= 0.3 is 5.97 Å². The van der Waals surface area contributed by atoms with Crippen LogP contribution in [0.2, 0.25) is 0 Å². The second kappa shape index (κ2) is 5.71. The molecule has 0 bridgehead atoms. The Morgan fingerprint density at radius 2 is 2.00 bits per heavy atom. The zero-order valence-corrected chi connectivity index (χ0v) is 10.4. The largest absolute Gasteiger partial charge is 0.465 e. The Hall–Kier alpha value is -1.09. The summed E-state index contributed by atoms with van der Waals surface area (Å²) in [6, 6.07) is 7.80. The molecule has 3 heteroatoms. The van der Waals surface area contributed by atoms with Gasteiger partial charge in [0.2, 0.25) is 0 Å². The van der Waals surface area contributed by atoms with E-state index in [-0.39, 0.29) is 5.97 Å². The number of esters is 1. The first-order valence-corrected chi connectivity index (χ1v) is 5.75. The van der Waals surface area contributed by atoms with Crippen LogP contribution in [-0.2, 0) is 14.9 Å². The smallest absolute Gasteiger partial charge is 0.338 e. The van der Waals surface area contributed by atoms with E-state index in [2.05, 4.69) is 15.9 Å². The molecule has 0 atom stereocenters. The third-order valence-electron chi connectivity index (χ3n) is 2.11. The lowest BCUT2D eigenvalue weighted by Crippen LogP contribution is -2.03. The fraction of sp³-hybridized carbons (Fsp3) is 0.250. The number of hydrogen-bond donors (Lipinski definition) is 0. The highest BCUT2D eigenvalue weighted by Crippen LogP contribution is 2.17. The van der Waals surface area contributed by atoms with Gasteiger partial charge in [-0.05, 0) is 18.1 Å². The first-order chi connectivity index (χ1) is 7.22. The lowest BCUT2D eigenvalue weighted by molar-refractivity contribution is -0.133. The summed E-state index contributed by atoms with van der Waals surface area (Å²) >= 11 is 3.37. The molecule has 0 aliphatic rings. The van der Waals surface area contributed by atoms with Gasteiger partial charge in [-0.3, -0.25) is 0 Å². The molecule has 1 aromatic rings. The van der Waals surface area contributed by atoms with Crippen molar-refractivity contribution in [3.63, 3.8) is 0 Å². The minimum Gasteiger partial charge on any atom is -0.465 e. The van der Waals surface area contributed by atoms with Crippen LogP contribution >= 0.6 is 15.9 Å². The summed E-state index contributed by atoms with van der Waals surface area (Å²) in [5, 5.41) is 0.816. The Morgan fingerprint density at radius 1 is 1.40 bits per heavy atom. The summed E-state index contributed by atoms with van der Waals surface area (Å²) in [6.07, 6.45) is 1.76. The number of hydrogen-bond acceptors (Lipinski definition) is 2. The van der Waals surface area contributed by atoms with Crippen LogP contribution in [0, 0.1) is 0 Å². The van der Waals surface area contributed by atoms with E-state index < -0.39 is 0 Å². The fourth-order valence-electron chi connectivity index (χ4n) is 1.29. The van der Waals surface area contributed by atoms with E-state index in [1.54, 1.807) is 6.08 Å². The predicted octanol–water partition coefficient (Wildman–Crippen LogP) is 3.16. The van der Waals surface area contributed by atoms with Crippen LogP contribution < -0.4 is 0 Å². The van der Waals surface area contributed by atoms with Gasteiger partial charge in [0.1, 0.15) is 0 Å². The van der Waals surface area contributed by atoms with Crippen molar-refractivity contribution in [3.8, 4) is 0 Å². The van der Waals surface area contributed by atoms with Crippen LogP contribution in [0.25, 0.3) is 5.57 Å². The van der Waals surface area contributed by atoms with Gasteiger partial charge in [0.05, 0.1) is 12.7 Å². The third-order valence-corrected chi connectivity index (χ3v) is 2.76. The van der Waals surface area contributed by atoms with Gasteiger partial charge in [0.25, 0.3) is 0 Å². The Kier molecular flexibility index (Phi) is 4.56. The average Bonchev–Trinajstić information content (AvgIpc) is 2.30. The molecule has 1 aromatic carbocycles. The zero-order valence-electron chi connectivity index (χ0n) is 8.79. The Labute approximate surface area is 98.1 Å². The van der Waals surface area contributed by atoms with E-state index in [9.17, 15) is 4.79 Å². The van der Waals surface area contributed by atoms with Crippen LogP contribution in [0.15, 0.2) is 30.3 Å². The van der Waals surface area contributed by atoms with Crippen LogP contribution in [0.5, 0.6) is 0 Å². The number of benzene rings is 1. The second-order valence-corrected chi connectivity index (χ2v) is 3.59. The molecule has 0 heterocycles. The van der Waals surface area contributed by atoms with Crippen molar-refractivity contribution in [2.24, 2.45) is 0 Å². The predicted molar refractivity (Wildman–Crippen MR) is 64.7 cm³/mol. The highest BCUT2D eigenvalue weighted by Gasteiger charge is 2.10. The third kappa shape index (κ3) is 2.93. The molecule has 0 saturated carbocycles. The molecule has 0 aliphatic heterocycles. The van der Waals surface area contributed by atoms with Gasteiger partial charge in [-0.2, -0.15) is 0 Å². The molecule has 0 N–H and O–H groups in total. The molecule has 0 saturated heterocycles. The van der Waals surface area contributed by atoms with Crippen molar-refractivity contribution in [2.45, 2.75) is 12.3 Å². The van der Waals surface area contributed by atoms with Crippen LogP contribution in [-0.4, -0.2) is 13.1 Å². The van der Waals surface area contributed by atoms with Gasteiger partial charge in [-0.25, -0.2) is 4.79 Å². The molecular formula is C12H13BrO2. The maximum atomic E-state index is 11.4. The number of alkyl halides is 1. The standard InChI is InChI=1S/C12H13BrO2/c1-3-11(12(14)15-2)10-6-4-9(8-13)5-7-10/h3-7H,8H2,1-2H3/b11-3+. The quantitative estimate of drug-likeness (QED) is 0.478. The SMILES string of the molecule is C/C=C(/C(=O)OC)c1ccc(CBr)cc1. The fourth-order valence-corrected chi connectivity index (χ4v) is 1.66. The number of halogens is 1. The van der Waals surface area contributed by atoms with Crippen LogP contribution in [0.4, 0.5) is 0 Å². The first-order valence-electron chi connectivity index (χ1n) is 4.62. The molecule has 15 heavy (non-hydrogen) atoms.